The quantitative estimate of drug-likeness (QED) is 0.167. The van der Waals surface area contributed by atoms with Crippen molar-refractivity contribution in [1.82, 2.24) is 30.6 Å². The van der Waals surface area contributed by atoms with Crippen LogP contribution in [0.2, 0.25) is 0 Å². The maximum atomic E-state index is 14.3. The Bertz CT molecular complexity index is 2060. The number of carbonyl (C=O) groups is 3. The molecule has 294 valence electrons. The number of ether oxygens (including phenoxy) is 2. The minimum Gasteiger partial charge on any atom is -0.508 e. The Kier molecular flexibility index (Phi) is 12.0. The highest BCUT2D eigenvalue weighted by molar-refractivity contribution is 5.95. The molecule has 55 heavy (non-hydrogen) atoms. The average Bonchev–Trinajstić information content (AvgIpc) is 3.47. The summed E-state index contributed by atoms with van der Waals surface area (Å²) >= 11 is 0. The summed E-state index contributed by atoms with van der Waals surface area (Å²) in [4.78, 5) is 46.3. The molecular formula is C43H56N6O6. The van der Waals surface area contributed by atoms with Gasteiger partial charge in [-0.2, -0.15) is 0 Å². The molecule has 4 N–H and O–H groups in total. The SMILES string of the molecule is CCn1c(-c2cccnc2[C@H](C)OC)c2c3cc(ccc31)-c1cc(O)cc(c1)C[C@H](NC(=O)C(NC)C(C)C)C(=O)N1CCC[C@H](N1)C(=O)OCC(C)(C)C2. The van der Waals surface area contributed by atoms with Crippen molar-refractivity contribution in [3.05, 3.63) is 71.5 Å². The number of hydrogen-bond donors (Lipinski definition) is 4. The van der Waals surface area contributed by atoms with Crippen molar-refractivity contribution in [3.63, 3.8) is 0 Å². The zero-order chi connectivity index (χ0) is 39.6. The number of methoxy groups -OCH3 is 1. The van der Waals surface area contributed by atoms with Crippen LogP contribution in [0.5, 0.6) is 5.75 Å². The molecule has 1 saturated heterocycles. The highest BCUT2D eigenvalue weighted by atomic mass is 16.5. The Labute approximate surface area is 323 Å². The van der Waals surface area contributed by atoms with Crippen molar-refractivity contribution >= 4 is 28.7 Å². The Morgan fingerprint density at radius 3 is 2.62 bits per heavy atom. The van der Waals surface area contributed by atoms with Crippen molar-refractivity contribution in [2.75, 3.05) is 27.3 Å². The molecule has 2 amide bonds. The van der Waals surface area contributed by atoms with Crippen molar-refractivity contribution in [2.24, 2.45) is 11.3 Å². The van der Waals surface area contributed by atoms with E-state index in [1.54, 1.807) is 32.5 Å². The Morgan fingerprint density at radius 2 is 1.91 bits per heavy atom. The molecule has 4 heterocycles. The molecule has 6 bridgehead atoms. The predicted octanol–water partition coefficient (Wildman–Crippen LogP) is 5.70. The summed E-state index contributed by atoms with van der Waals surface area (Å²) in [7, 11) is 3.40. The highest BCUT2D eigenvalue weighted by Gasteiger charge is 2.36. The van der Waals surface area contributed by atoms with Gasteiger partial charge in [-0.1, -0.05) is 39.8 Å². The summed E-state index contributed by atoms with van der Waals surface area (Å²) in [5.74, 6) is -1.08. The molecule has 0 radical (unpaired) electrons. The van der Waals surface area contributed by atoms with Crippen molar-refractivity contribution < 1.29 is 29.0 Å². The molecule has 1 fully saturated rings. The van der Waals surface area contributed by atoms with Gasteiger partial charge in [-0.25, -0.2) is 5.43 Å². The second kappa shape index (κ2) is 16.5. The molecule has 6 rings (SSSR count). The number of nitrogens with zero attached hydrogens (tertiary/aromatic N) is 3. The molecule has 2 aliphatic heterocycles. The van der Waals surface area contributed by atoms with Crippen LogP contribution < -0.4 is 16.1 Å². The number of aromatic nitrogens is 2. The first-order valence-electron chi connectivity index (χ1n) is 19.4. The van der Waals surface area contributed by atoms with Gasteiger partial charge < -0.3 is 29.8 Å². The van der Waals surface area contributed by atoms with E-state index in [1.807, 2.05) is 32.9 Å². The number of cyclic esters (lactones) is 1. The number of pyridine rings is 1. The van der Waals surface area contributed by atoms with Crippen LogP contribution in [0.25, 0.3) is 33.3 Å². The van der Waals surface area contributed by atoms with Crippen LogP contribution in [0.1, 0.15) is 77.3 Å². The van der Waals surface area contributed by atoms with Crippen LogP contribution in [0.4, 0.5) is 0 Å². The molecule has 2 aromatic carbocycles. The van der Waals surface area contributed by atoms with E-state index in [1.165, 1.54) is 5.01 Å². The Balaban J connectivity index is 1.54. The summed E-state index contributed by atoms with van der Waals surface area (Å²) < 4.78 is 14.2. The lowest BCUT2D eigenvalue weighted by Gasteiger charge is -2.36. The van der Waals surface area contributed by atoms with Gasteiger partial charge in [-0.15, -0.1) is 0 Å². The van der Waals surface area contributed by atoms with Gasteiger partial charge in [0.2, 0.25) is 5.91 Å². The van der Waals surface area contributed by atoms with Crippen LogP contribution in [-0.2, 0) is 43.2 Å². The van der Waals surface area contributed by atoms with Gasteiger partial charge in [0.05, 0.1) is 30.1 Å². The normalized spacial score (nSPS) is 20.2. The highest BCUT2D eigenvalue weighted by Crippen LogP contribution is 2.42. The number of hydrogen-bond acceptors (Lipinski definition) is 9. The van der Waals surface area contributed by atoms with E-state index in [2.05, 4.69) is 65.7 Å². The lowest BCUT2D eigenvalue weighted by molar-refractivity contribution is -0.155. The third-order valence-electron chi connectivity index (χ3n) is 10.9. The number of rotatable bonds is 8. The number of aryl methyl sites for hydroxylation is 1. The van der Waals surface area contributed by atoms with E-state index in [0.29, 0.717) is 37.9 Å². The lowest BCUT2D eigenvalue weighted by Crippen LogP contribution is -2.61. The van der Waals surface area contributed by atoms with E-state index in [0.717, 1.165) is 44.5 Å². The number of aromatic hydroxyl groups is 1. The van der Waals surface area contributed by atoms with E-state index < -0.39 is 29.5 Å². The third kappa shape index (κ3) is 8.41. The topological polar surface area (TPSA) is 147 Å². The Morgan fingerprint density at radius 1 is 1.13 bits per heavy atom. The van der Waals surface area contributed by atoms with E-state index in [-0.39, 0.29) is 42.6 Å². The number of nitrogens with one attached hydrogen (secondary N) is 3. The maximum absolute atomic E-state index is 14.3. The molecule has 0 saturated carbocycles. The number of carbonyl (C=O) groups excluding carboxylic acids is 3. The average molecular weight is 753 g/mol. The molecule has 0 aliphatic carbocycles. The first kappa shape index (κ1) is 39.9. The summed E-state index contributed by atoms with van der Waals surface area (Å²) in [6.07, 6.45) is 3.32. The standard InChI is InChI=1S/C43H56N6O6/c1-9-48-36-15-14-28-22-32(36)33(39(48)31-12-10-16-45-38(31)26(4)54-8)23-43(5,6)24-55-42(53)34-13-11-17-49(47-34)41(52)35(46-40(51)37(44-7)25(2)3)20-27-18-29(28)21-30(50)19-27/h10,12,14-16,18-19,21-22,25-26,34-35,37,44,47,50H,9,11,13,17,20,23-24H2,1-8H3,(H,46,51)/t26-,34-,35-,37?/m0/s1. The monoisotopic (exact) mass is 752 g/mol. The van der Waals surface area contributed by atoms with Crippen LogP contribution in [0, 0.1) is 11.3 Å². The zero-order valence-corrected chi connectivity index (χ0v) is 33.4. The molecule has 12 nitrogen and oxygen atoms in total. The van der Waals surface area contributed by atoms with E-state index in [4.69, 9.17) is 14.5 Å². The van der Waals surface area contributed by atoms with Gasteiger partial charge in [0.25, 0.3) is 5.91 Å². The van der Waals surface area contributed by atoms with Gasteiger partial charge in [-0.3, -0.25) is 24.4 Å². The summed E-state index contributed by atoms with van der Waals surface area (Å²) in [5, 5.41) is 19.7. The van der Waals surface area contributed by atoms with Gasteiger partial charge in [0.1, 0.15) is 17.8 Å². The van der Waals surface area contributed by atoms with Crippen molar-refractivity contribution in [1.29, 1.82) is 0 Å². The molecule has 1 unspecified atom stereocenters. The summed E-state index contributed by atoms with van der Waals surface area (Å²) in [6, 6.07) is 13.5. The first-order chi connectivity index (χ1) is 26.2. The number of phenols is 1. The summed E-state index contributed by atoms with van der Waals surface area (Å²) in [6.45, 7) is 13.4. The minimum atomic E-state index is -0.977. The molecule has 0 spiro atoms. The fourth-order valence-electron chi connectivity index (χ4n) is 8.10. The number of esters is 1. The van der Waals surface area contributed by atoms with Crippen molar-refractivity contribution in [3.8, 4) is 28.1 Å². The van der Waals surface area contributed by atoms with Crippen LogP contribution in [0.3, 0.4) is 0 Å². The number of amides is 2. The summed E-state index contributed by atoms with van der Waals surface area (Å²) in [5.41, 5.74) is 9.96. The number of hydrazine groups is 1. The fourth-order valence-corrected chi connectivity index (χ4v) is 8.10. The number of likely N-dealkylation sites (N-methyl/N-ethyl adjacent to an activating group) is 1. The number of fused-ring (bicyclic) bond motifs is 6. The molecule has 2 aliphatic rings. The smallest absolute Gasteiger partial charge is 0.324 e. The third-order valence-corrected chi connectivity index (χ3v) is 10.9. The molecule has 4 aromatic rings. The molecule has 4 atom stereocenters. The zero-order valence-electron chi connectivity index (χ0n) is 33.4. The molecule has 12 heteroatoms. The lowest BCUT2D eigenvalue weighted by atomic mass is 9.84. The van der Waals surface area contributed by atoms with Crippen LogP contribution >= 0.6 is 0 Å². The van der Waals surface area contributed by atoms with Crippen LogP contribution in [-0.4, -0.2) is 82.9 Å². The second-order valence-corrected chi connectivity index (χ2v) is 16.0. The number of benzene rings is 2. The predicted molar refractivity (Wildman–Crippen MR) is 213 cm³/mol. The molecule has 2 aromatic heterocycles. The first-order valence-corrected chi connectivity index (χ1v) is 19.4. The molecular weight excluding hydrogens is 697 g/mol. The van der Waals surface area contributed by atoms with Gasteiger partial charge in [0, 0.05) is 54.7 Å². The van der Waals surface area contributed by atoms with Crippen LogP contribution in [0.15, 0.2) is 54.7 Å². The Hall–Kier alpha value is -4.78. The van der Waals surface area contributed by atoms with Gasteiger partial charge in [0.15, 0.2) is 0 Å². The van der Waals surface area contributed by atoms with E-state index in [9.17, 15) is 19.5 Å². The second-order valence-electron chi connectivity index (χ2n) is 16.0. The number of phenolic OH excluding ortho intramolecular Hbond substituents is 1. The minimum absolute atomic E-state index is 0.0285. The fraction of sp³-hybridized carbons (Fsp3) is 0.488. The van der Waals surface area contributed by atoms with E-state index >= 15 is 0 Å². The largest absolute Gasteiger partial charge is 0.508 e. The maximum Gasteiger partial charge on any atom is 0.324 e. The van der Waals surface area contributed by atoms with Crippen molar-refractivity contribution in [2.45, 2.75) is 98.0 Å². The van der Waals surface area contributed by atoms with Gasteiger partial charge >= 0.3 is 5.97 Å². The van der Waals surface area contributed by atoms with Gasteiger partial charge in [-0.05, 0) is 105 Å².